The Hall–Kier alpha value is -0.880. The van der Waals surface area contributed by atoms with Crippen molar-refractivity contribution in [3.8, 4) is 0 Å². The van der Waals surface area contributed by atoms with Gasteiger partial charge in [0.1, 0.15) is 6.73 Å². The van der Waals surface area contributed by atoms with E-state index in [1.807, 2.05) is 0 Å². The molecule has 0 aliphatic rings. The number of rotatable bonds is 5. The van der Waals surface area contributed by atoms with Crippen LogP contribution in [0.3, 0.4) is 0 Å². The summed E-state index contributed by atoms with van der Waals surface area (Å²) in [5.74, 6) is -0.585. The Bertz CT molecular complexity index is 257. The molecule has 0 aromatic rings. The SMILES string of the molecule is C=CC(=O)NCOS(=O)(=O)CC. The smallest absolute Gasteiger partial charge is 0.268 e. The molecule has 0 saturated carbocycles. The van der Waals surface area contributed by atoms with E-state index in [9.17, 15) is 13.2 Å². The lowest BCUT2D eigenvalue weighted by atomic mass is 10.6. The molecule has 70 valence electrons. The summed E-state index contributed by atoms with van der Waals surface area (Å²) < 4.78 is 25.7. The highest BCUT2D eigenvalue weighted by atomic mass is 32.2. The lowest BCUT2D eigenvalue weighted by Gasteiger charge is -2.02. The number of carbonyl (C=O) groups is 1. The number of amides is 1. The highest BCUT2D eigenvalue weighted by molar-refractivity contribution is 7.86. The van der Waals surface area contributed by atoms with Gasteiger partial charge in [0.15, 0.2) is 0 Å². The van der Waals surface area contributed by atoms with E-state index < -0.39 is 16.0 Å². The van der Waals surface area contributed by atoms with Crippen LogP contribution >= 0.6 is 0 Å². The summed E-state index contributed by atoms with van der Waals surface area (Å²) in [5, 5.41) is 2.16. The molecule has 0 spiro atoms. The van der Waals surface area contributed by atoms with Crippen molar-refractivity contribution in [2.24, 2.45) is 0 Å². The minimum absolute atomic E-state index is 0.114. The Labute approximate surface area is 71.5 Å². The number of nitrogens with one attached hydrogen (secondary N) is 1. The minimum atomic E-state index is -3.47. The molecular weight excluding hydrogens is 182 g/mol. The zero-order valence-electron chi connectivity index (χ0n) is 6.74. The summed E-state index contributed by atoms with van der Waals surface area (Å²) in [5.41, 5.74) is 0. The first-order valence-electron chi connectivity index (χ1n) is 3.29. The van der Waals surface area contributed by atoms with Gasteiger partial charge < -0.3 is 5.32 Å². The minimum Gasteiger partial charge on any atom is -0.328 e. The molecule has 0 unspecified atom stereocenters. The average molecular weight is 193 g/mol. The molecule has 0 saturated heterocycles. The topological polar surface area (TPSA) is 72.5 Å². The van der Waals surface area contributed by atoms with Crippen molar-refractivity contribution in [2.45, 2.75) is 6.92 Å². The van der Waals surface area contributed by atoms with E-state index >= 15 is 0 Å². The van der Waals surface area contributed by atoms with E-state index in [1.165, 1.54) is 6.92 Å². The van der Waals surface area contributed by atoms with E-state index in [2.05, 4.69) is 16.1 Å². The monoisotopic (exact) mass is 193 g/mol. The third kappa shape index (κ3) is 4.86. The third-order valence-corrected chi connectivity index (χ3v) is 2.21. The molecule has 0 aliphatic heterocycles. The van der Waals surface area contributed by atoms with Gasteiger partial charge in [0.05, 0.1) is 5.75 Å². The summed E-state index contributed by atoms with van der Waals surface area (Å²) in [6.45, 7) is 4.28. The molecule has 12 heavy (non-hydrogen) atoms. The van der Waals surface area contributed by atoms with Crippen LogP contribution in [0.15, 0.2) is 12.7 Å². The molecule has 0 aromatic carbocycles. The molecule has 1 amide bonds. The van der Waals surface area contributed by atoms with Crippen LogP contribution in [0, 0.1) is 0 Å². The molecule has 0 fully saturated rings. The summed E-state index contributed by atoms with van der Waals surface area (Å²) in [6.07, 6.45) is 1.03. The van der Waals surface area contributed by atoms with E-state index in [-0.39, 0.29) is 12.5 Å². The van der Waals surface area contributed by atoms with Crippen LogP contribution in [0.5, 0.6) is 0 Å². The van der Waals surface area contributed by atoms with Crippen molar-refractivity contribution >= 4 is 16.0 Å². The molecule has 0 radical (unpaired) electrons. The Kier molecular flexibility index (Phi) is 4.53. The van der Waals surface area contributed by atoms with Gasteiger partial charge in [-0.1, -0.05) is 6.58 Å². The van der Waals surface area contributed by atoms with Crippen LogP contribution in [-0.2, 0) is 19.1 Å². The highest BCUT2D eigenvalue weighted by Crippen LogP contribution is 1.89. The first-order chi connectivity index (χ1) is 5.52. The Morgan fingerprint density at radius 3 is 2.67 bits per heavy atom. The van der Waals surface area contributed by atoms with Gasteiger partial charge in [0.2, 0.25) is 5.91 Å². The van der Waals surface area contributed by atoms with Crippen molar-refractivity contribution in [2.75, 3.05) is 12.5 Å². The fourth-order valence-corrected chi connectivity index (χ4v) is 0.751. The number of hydrogen-bond acceptors (Lipinski definition) is 4. The molecule has 0 aromatic heterocycles. The number of carbonyl (C=O) groups excluding carboxylic acids is 1. The van der Waals surface area contributed by atoms with Gasteiger partial charge in [-0.05, 0) is 13.0 Å². The van der Waals surface area contributed by atoms with E-state index in [4.69, 9.17) is 0 Å². The van der Waals surface area contributed by atoms with Crippen LogP contribution in [0.25, 0.3) is 0 Å². The number of hydrogen-bond donors (Lipinski definition) is 1. The quantitative estimate of drug-likeness (QED) is 0.367. The first-order valence-corrected chi connectivity index (χ1v) is 4.87. The van der Waals surface area contributed by atoms with Gasteiger partial charge in [-0.2, -0.15) is 8.42 Å². The van der Waals surface area contributed by atoms with Gasteiger partial charge in [0, 0.05) is 0 Å². The molecule has 0 aliphatic carbocycles. The maximum Gasteiger partial charge on any atom is 0.268 e. The van der Waals surface area contributed by atoms with Gasteiger partial charge in [-0.15, -0.1) is 0 Å². The van der Waals surface area contributed by atoms with Gasteiger partial charge in [-0.3, -0.25) is 4.79 Å². The second-order valence-electron chi connectivity index (χ2n) is 1.85. The Morgan fingerprint density at radius 1 is 1.67 bits per heavy atom. The second kappa shape index (κ2) is 4.89. The van der Waals surface area contributed by atoms with Gasteiger partial charge >= 0.3 is 0 Å². The van der Waals surface area contributed by atoms with Crippen LogP contribution in [0.2, 0.25) is 0 Å². The zero-order chi connectivity index (χ0) is 9.61. The molecular formula is C6H11NO4S. The van der Waals surface area contributed by atoms with Crippen LogP contribution in [0.4, 0.5) is 0 Å². The molecule has 6 heteroatoms. The van der Waals surface area contributed by atoms with Crippen LogP contribution < -0.4 is 5.32 Å². The van der Waals surface area contributed by atoms with E-state index in [1.54, 1.807) is 0 Å². The third-order valence-electron chi connectivity index (χ3n) is 1.02. The highest BCUT2D eigenvalue weighted by Gasteiger charge is 2.06. The zero-order valence-corrected chi connectivity index (χ0v) is 7.56. The molecule has 0 heterocycles. The van der Waals surface area contributed by atoms with Crippen LogP contribution in [0.1, 0.15) is 6.92 Å². The fourth-order valence-electron chi connectivity index (χ4n) is 0.346. The summed E-state index contributed by atoms with van der Waals surface area (Å²) in [4.78, 5) is 10.5. The molecule has 0 rings (SSSR count). The lowest BCUT2D eigenvalue weighted by Crippen LogP contribution is -2.26. The predicted molar refractivity (Wildman–Crippen MR) is 43.8 cm³/mol. The molecule has 1 N–H and O–H groups in total. The van der Waals surface area contributed by atoms with Crippen molar-refractivity contribution in [3.05, 3.63) is 12.7 Å². The van der Waals surface area contributed by atoms with Gasteiger partial charge in [0.25, 0.3) is 10.1 Å². The van der Waals surface area contributed by atoms with Crippen molar-refractivity contribution in [1.29, 1.82) is 0 Å². The summed E-state index contributed by atoms with van der Waals surface area (Å²) >= 11 is 0. The largest absolute Gasteiger partial charge is 0.328 e. The lowest BCUT2D eigenvalue weighted by molar-refractivity contribution is -0.117. The second-order valence-corrected chi connectivity index (χ2v) is 3.78. The van der Waals surface area contributed by atoms with Gasteiger partial charge in [-0.25, -0.2) is 4.18 Å². The maximum absolute atomic E-state index is 10.7. The Morgan fingerprint density at radius 2 is 2.25 bits per heavy atom. The van der Waals surface area contributed by atoms with Crippen molar-refractivity contribution < 1.29 is 17.4 Å². The normalized spacial score (nSPS) is 10.8. The first kappa shape index (κ1) is 11.1. The fraction of sp³-hybridized carbons (Fsp3) is 0.500. The predicted octanol–water partition coefficient (Wildman–Crippen LogP) is -0.388. The molecule has 0 atom stereocenters. The van der Waals surface area contributed by atoms with Crippen LogP contribution in [-0.4, -0.2) is 26.8 Å². The Balaban J connectivity index is 3.71. The molecule has 5 nitrogen and oxygen atoms in total. The average Bonchev–Trinajstić information content (AvgIpc) is 2.04. The standard InChI is InChI=1S/C6H11NO4S/c1-3-6(8)7-5-11-12(9,10)4-2/h3H,1,4-5H2,2H3,(H,7,8). The van der Waals surface area contributed by atoms with Crippen molar-refractivity contribution in [1.82, 2.24) is 5.32 Å². The van der Waals surface area contributed by atoms with Crippen molar-refractivity contribution in [3.63, 3.8) is 0 Å². The summed E-state index contributed by atoms with van der Waals surface area (Å²) in [7, 11) is -3.47. The maximum atomic E-state index is 10.7. The van der Waals surface area contributed by atoms with E-state index in [0.29, 0.717) is 0 Å². The van der Waals surface area contributed by atoms with E-state index in [0.717, 1.165) is 6.08 Å². The summed E-state index contributed by atoms with van der Waals surface area (Å²) in [6, 6.07) is 0. The molecule has 0 bridgehead atoms.